The standard InChI is InChI=1S/C25H40N4O2/c1-16-9-10-24(3)17(13-16)5-6-19-18-7-8-20(21(30)15-29(27)12-11-28-4)23(18,2)14-22(31)25(19,24)26/h11-12,16-20H,4-10,13-15,26-27H2,1-3H3/b12-11-/t16-,17-,18-,19-,20+,23?,24-,25-/m0/s1. The summed E-state index contributed by atoms with van der Waals surface area (Å²) in [6.07, 6.45) is 10.9. The van der Waals surface area contributed by atoms with Gasteiger partial charge in [-0.1, -0.05) is 27.2 Å². The predicted molar refractivity (Wildman–Crippen MR) is 123 cm³/mol. The van der Waals surface area contributed by atoms with E-state index < -0.39 is 5.54 Å². The van der Waals surface area contributed by atoms with Crippen LogP contribution >= 0.6 is 0 Å². The second-order valence-electron chi connectivity index (χ2n) is 11.5. The molecule has 4 aliphatic rings. The Hall–Kier alpha value is -1.53. The van der Waals surface area contributed by atoms with Crippen LogP contribution in [0.2, 0.25) is 0 Å². The van der Waals surface area contributed by atoms with Gasteiger partial charge in [0.05, 0.1) is 12.1 Å². The summed E-state index contributed by atoms with van der Waals surface area (Å²) in [7, 11) is 0. The smallest absolute Gasteiger partial charge is 0.157 e. The van der Waals surface area contributed by atoms with Gasteiger partial charge < -0.3 is 10.7 Å². The van der Waals surface area contributed by atoms with E-state index in [0.717, 1.165) is 38.0 Å². The molecule has 0 amide bonds. The van der Waals surface area contributed by atoms with Crippen LogP contribution < -0.4 is 11.6 Å². The van der Waals surface area contributed by atoms with Crippen LogP contribution in [0.5, 0.6) is 0 Å². The van der Waals surface area contributed by atoms with E-state index in [4.69, 9.17) is 11.6 Å². The van der Waals surface area contributed by atoms with Gasteiger partial charge in [-0.15, -0.1) is 0 Å². The number of rotatable bonds is 5. The fourth-order valence-electron chi connectivity index (χ4n) is 8.35. The van der Waals surface area contributed by atoms with Crippen LogP contribution in [0, 0.1) is 40.4 Å². The van der Waals surface area contributed by atoms with Gasteiger partial charge in [0.2, 0.25) is 0 Å². The van der Waals surface area contributed by atoms with Crippen molar-refractivity contribution in [3.05, 3.63) is 12.4 Å². The number of ketones is 2. The highest BCUT2D eigenvalue weighted by atomic mass is 16.1. The molecule has 4 rings (SSSR count). The fraction of sp³-hybridized carbons (Fsp3) is 0.800. The number of carbonyl (C=O) groups is 2. The SMILES string of the molecule is C=N/C=C\N(N)CC(=O)[C@H]1CC[C@H]2[C@@H]3CC[C@H]4C[C@@H](C)CC[C@]4(C)[C@@]3(N)C(=O)CC12C. The number of aliphatic imine (C=N–C) groups is 1. The van der Waals surface area contributed by atoms with E-state index in [9.17, 15) is 9.59 Å². The molecule has 4 aliphatic carbocycles. The Balaban J connectivity index is 1.60. The maximum Gasteiger partial charge on any atom is 0.157 e. The molecule has 0 radical (unpaired) electrons. The van der Waals surface area contributed by atoms with Gasteiger partial charge in [0.1, 0.15) is 0 Å². The molecule has 0 spiro atoms. The first-order chi connectivity index (χ1) is 14.6. The number of nitrogens with zero attached hydrogens (tertiary/aromatic N) is 2. The van der Waals surface area contributed by atoms with E-state index in [0.29, 0.717) is 18.3 Å². The van der Waals surface area contributed by atoms with Crippen molar-refractivity contribution in [1.29, 1.82) is 0 Å². The Labute approximate surface area is 186 Å². The Morgan fingerprint density at radius 3 is 2.65 bits per heavy atom. The van der Waals surface area contributed by atoms with Crippen LogP contribution in [0.25, 0.3) is 0 Å². The minimum Gasteiger partial charge on any atom is -0.318 e. The average Bonchev–Trinajstić information content (AvgIpc) is 3.05. The molecular formula is C25H40N4O2. The van der Waals surface area contributed by atoms with Crippen molar-refractivity contribution < 1.29 is 9.59 Å². The van der Waals surface area contributed by atoms with Crippen molar-refractivity contribution in [2.75, 3.05) is 6.54 Å². The Morgan fingerprint density at radius 1 is 1.23 bits per heavy atom. The summed E-state index contributed by atoms with van der Waals surface area (Å²) in [5.74, 6) is 7.91. The number of hydrazine groups is 1. The van der Waals surface area contributed by atoms with Gasteiger partial charge in [-0.3, -0.25) is 14.6 Å². The quantitative estimate of drug-likeness (QED) is 0.397. The normalized spacial score (nSPS) is 46.9. The number of Topliss-reactive ketones (excluding diaryl/α,β-unsaturated/α-hetero) is 2. The molecular weight excluding hydrogens is 388 g/mol. The van der Waals surface area contributed by atoms with Crippen LogP contribution in [0.4, 0.5) is 0 Å². The largest absolute Gasteiger partial charge is 0.318 e. The minimum atomic E-state index is -0.740. The summed E-state index contributed by atoms with van der Waals surface area (Å²) in [5.41, 5.74) is 6.06. The van der Waals surface area contributed by atoms with Crippen molar-refractivity contribution in [3.63, 3.8) is 0 Å². The highest BCUT2D eigenvalue weighted by Crippen LogP contribution is 2.67. The maximum absolute atomic E-state index is 13.9. The zero-order chi connectivity index (χ0) is 22.6. The molecule has 4 fully saturated rings. The fourth-order valence-corrected chi connectivity index (χ4v) is 8.35. The zero-order valence-electron chi connectivity index (χ0n) is 19.5. The molecule has 4 N–H and O–H groups in total. The van der Waals surface area contributed by atoms with Crippen LogP contribution in [-0.2, 0) is 9.59 Å². The molecule has 8 atom stereocenters. The lowest BCUT2D eigenvalue weighted by Gasteiger charge is -2.65. The maximum atomic E-state index is 13.9. The molecule has 0 heterocycles. The van der Waals surface area contributed by atoms with Gasteiger partial charge in [-0.05, 0) is 79.7 Å². The van der Waals surface area contributed by atoms with Gasteiger partial charge in [-0.25, -0.2) is 5.84 Å². The summed E-state index contributed by atoms with van der Waals surface area (Å²) in [4.78, 5) is 30.7. The molecule has 6 nitrogen and oxygen atoms in total. The van der Waals surface area contributed by atoms with Gasteiger partial charge in [-0.2, -0.15) is 0 Å². The summed E-state index contributed by atoms with van der Waals surface area (Å²) in [6.45, 7) is 10.3. The number of fused-ring (bicyclic) bond motifs is 5. The number of hydrogen-bond acceptors (Lipinski definition) is 6. The molecule has 0 aromatic carbocycles. The molecule has 0 aromatic rings. The molecule has 0 aliphatic heterocycles. The number of hydrogen-bond donors (Lipinski definition) is 2. The third-order valence-corrected chi connectivity index (χ3v) is 10.1. The van der Waals surface area contributed by atoms with Gasteiger partial charge in [0.15, 0.2) is 11.6 Å². The third-order valence-electron chi connectivity index (χ3n) is 10.1. The second-order valence-corrected chi connectivity index (χ2v) is 11.5. The first kappa shape index (κ1) is 22.7. The van der Waals surface area contributed by atoms with Gasteiger partial charge in [0.25, 0.3) is 0 Å². The van der Waals surface area contributed by atoms with E-state index in [1.807, 2.05) is 0 Å². The topological polar surface area (TPSA) is 102 Å². The molecule has 0 bridgehead atoms. The van der Waals surface area contributed by atoms with Crippen molar-refractivity contribution in [2.24, 2.45) is 57.0 Å². The van der Waals surface area contributed by atoms with Crippen LogP contribution in [0.3, 0.4) is 0 Å². The molecule has 0 saturated heterocycles. The highest BCUT2D eigenvalue weighted by molar-refractivity contribution is 5.93. The molecule has 1 unspecified atom stereocenters. The molecule has 6 heteroatoms. The van der Waals surface area contributed by atoms with Crippen molar-refractivity contribution >= 4 is 18.3 Å². The summed E-state index contributed by atoms with van der Waals surface area (Å²) >= 11 is 0. The van der Waals surface area contributed by atoms with Crippen LogP contribution in [0.15, 0.2) is 17.4 Å². The van der Waals surface area contributed by atoms with E-state index in [2.05, 4.69) is 32.5 Å². The molecule has 4 saturated carbocycles. The first-order valence-corrected chi connectivity index (χ1v) is 12.1. The van der Waals surface area contributed by atoms with Gasteiger partial charge >= 0.3 is 0 Å². The number of nitrogens with two attached hydrogens (primary N) is 2. The van der Waals surface area contributed by atoms with Crippen molar-refractivity contribution in [3.8, 4) is 0 Å². The van der Waals surface area contributed by atoms with Crippen LogP contribution in [-0.4, -0.2) is 35.4 Å². The predicted octanol–water partition coefficient (Wildman–Crippen LogP) is 3.46. The lowest BCUT2D eigenvalue weighted by Crippen LogP contribution is -2.74. The van der Waals surface area contributed by atoms with Crippen LogP contribution in [0.1, 0.15) is 72.1 Å². The van der Waals surface area contributed by atoms with E-state index in [1.54, 1.807) is 6.20 Å². The Kier molecular flexibility index (Phi) is 5.70. The minimum absolute atomic E-state index is 0.112. The Bertz CT molecular complexity index is 796. The second kappa shape index (κ2) is 7.80. The van der Waals surface area contributed by atoms with E-state index >= 15 is 0 Å². The lowest BCUT2D eigenvalue weighted by atomic mass is 9.40. The summed E-state index contributed by atoms with van der Waals surface area (Å²) in [6, 6.07) is 0. The lowest BCUT2D eigenvalue weighted by molar-refractivity contribution is -0.166. The van der Waals surface area contributed by atoms with Crippen molar-refractivity contribution in [2.45, 2.75) is 77.7 Å². The summed E-state index contributed by atoms with van der Waals surface area (Å²) in [5, 5.41) is 1.36. The van der Waals surface area contributed by atoms with E-state index in [1.165, 1.54) is 24.1 Å². The van der Waals surface area contributed by atoms with Gasteiger partial charge in [0, 0.05) is 24.7 Å². The first-order valence-electron chi connectivity index (χ1n) is 12.1. The summed E-state index contributed by atoms with van der Waals surface area (Å²) < 4.78 is 0. The monoisotopic (exact) mass is 428 g/mol. The van der Waals surface area contributed by atoms with Crippen molar-refractivity contribution in [1.82, 2.24) is 5.01 Å². The molecule has 172 valence electrons. The molecule has 0 aromatic heterocycles. The van der Waals surface area contributed by atoms with E-state index in [-0.39, 0.29) is 40.8 Å². The highest BCUT2D eigenvalue weighted by Gasteiger charge is 2.69. The molecule has 31 heavy (non-hydrogen) atoms. The Morgan fingerprint density at radius 2 is 1.94 bits per heavy atom. The average molecular weight is 429 g/mol. The number of carbonyl (C=O) groups excluding carboxylic acids is 2. The zero-order valence-corrected chi connectivity index (χ0v) is 19.5. The third kappa shape index (κ3) is 3.24.